The molecule has 0 radical (unpaired) electrons. The first-order chi connectivity index (χ1) is 9.86. The molecular formula is C14H17F2NO3S. The second kappa shape index (κ2) is 7.97. The van der Waals surface area contributed by atoms with Crippen LogP contribution in [0.1, 0.15) is 41.0 Å². The number of carbonyl (C=O) groups excluding carboxylic acids is 1. The van der Waals surface area contributed by atoms with Gasteiger partial charge in [0, 0.05) is 6.04 Å². The van der Waals surface area contributed by atoms with E-state index in [1.807, 2.05) is 6.92 Å². The van der Waals surface area contributed by atoms with Crippen LogP contribution in [-0.4, -0.2) is 34.5 Å². The molecule has 116 valence electrons. The number of carboxylic acid groups (broad SMARTS) is 1. The number of rotatable bonds is 7. The molecule has 4 nitrogen and oxygen atoms in total. The zero-order valence-electron chi connectivity index (χ0n) is 11.8. The number of carboxylic acids is 1. The predicted octanol–water partition coefficient (Wildman–Crippen LogP) is 2.92. The minimum atomic E-state index is -1.48. The van der Waals surface area contributed by atoms with Crippen LogP contribution < -0.4 is 5.32 Å². The lowest BCUT2D eigenvalue weighted by atomic mass is 10.1. The molecule has 7 heteroatoms. The normalized spacial score (nSPS) is 12.0. The van der Waals surface area contributed by atoms with Crippen LogP contribution in [0, 0.1) is 11.6 Å². The molecule has 0 spiro atoms. The van der Waals surface area contributed by atoms with E-state index in [0.717, 1.165) is 11.5 Å². The summed E-state index contributed by atoms with van der Waals surface area (Å²) >= 11 is 1.72. The Labute approximate surface area is 125 Å². The molecule has 0 aliphatic carbocycles. The van der Waals surface area contributed by atoms with Gasteiger partial charge in [-0.05, 0) is 37.0 Å². The Morgan fingerprint density at radius 2 is 1.86 bits per heavy atom. The topological polar surface area (TPSA) is 66.4 Å². The molecule has 0 aliphatic rings. The maximum absolute atomic E-state index is 13.2. The Balaban J connectivity index is 2.86. The fourth-order valence-electron chi connectivity index (χ4n) is 1.69. The first-order valence-corrected chi connectivity index (χ1v) is 7.63. The number of aromatic carboxylic acids is 1. The van der Waals surface area contributed by atoms with Crippen molar-refractivity contribution in [2.24, 2.45) is 0 Å². The number of nitrogens with one attached hydrogen (secondary N) is 1. The van der Waals surface area contributed by atoms with Gasteiger partial charge in [0.05, 0.1) is 11.1 Å². The van der Waals surface area contributed by atoms with E-state index in [0.29, 0.717) is 18.6 Å². The van der Waals surface area contributed by atoms with Gasteiger partial charge < -0.3 is 10.4 Å². The second-order valence-electron chi connectivity index (χ2n) is 4.48. The monoisotopic (exact) mass is 317 g/mol. The molecule has 1 rings (SSSR count). The van der Waals surface area contributed by atoms with E-state index in [9.17, 15) is 18.4 Å². The van der Waals surface area contributed by atoms with Crippen LogP contribution in [0.3, 0.4) is 0 Å². The third-order valence-corrected chi connectivity index (χ3v) is 3.74. The average Bonchev–Trinajstić information content (AvgIpc) is 2.41. The van der Waals surface area contributed by atoms with Crippen LogP contribution in [-0.2, 0) is 0 Å². The molecule has 0 saturated carbocycles. The van der Waals surface area contributed by atoms with Crippen LogP contribution in [0.2, 0.25) is 0 Å². The third kappa shape index (κ3) is 5.00. The fourth-order valence-corrected chi connectivity index (χ4v) is 2.50. The number of carbonyl (C=O) groups is 2. The summed E-state index contributed by atoms with van der Waals surface area (Å²) in [5.74, 6) is -2.93. The molecule has 0 aliphatic heterocycles. The van der Waals surface area contributed by atoms with Crippen molar-refractivity contribution in [3.05, 3.63) is 34.9 Å². The number of thioether (sulfide) groups is 1. The molecule has 2 N–H and O–H groups in total. The summed E-state index contributed by atoms with van der Waals surface area (Å²) in [6.45, 7) is 3.79. The first-order valence-electron chi connectivity index (χ1n) is 6.47. The largest absolute Gasteiger partial charge is 0.478 e. The van der Waals surface area contributed by atoms with Crippen LogP contribution in [0.4, 0.5) is 8.78 Å². The van der Waals surface area contributed by atoms with Crippen molar-refractivity contribution in [1.82, 2.24) is 5.32 Å². The lowest BCUT2D eigenvalue weighted by molar-refractivity contribution is 0.0689. The highest BCUT2D eigenvalue weighted by atomic mass is 32.2. The number of benzene rings is 1. The van der Waals surface area contributed by atoms with Gasteiger partial charge in [0.2, 0.25) is 0 Å². The summed E-state index contributed by atoms with van der Waals surface area (Å²) in [6.07, 6.45) is 0.705. The zero-order valence-corrected chi connectivity index (χ0v) is 12.6. The van der Waals surface area contributed by atoms with Crippen molar-refractivity contribution < 1.29 is 23.5 Å². The third-order valence-electron chi connectivity index (χ3n) is 2.81. The Hall–Kier alpha value is -1.63. The van der Waals surface area contributed by atoms with E-state index in [1.165, 1.54) is 0 Å². The van der Waals surface area contributed by atoms with E-state index in [4.69, 9.17) is 5.11 Å². The average molecular weight is 317 g/mol. The van der Waals surface area contributed by atoms with Crippen LogP contribution in [0.25, 0.3) is 0 Å². The highest BCUT2D eigenvalue weighted by Crippen LogP contribution is 2.16. The number of hydrogen-bond donors (Lipinski definition) is 2. The summed E-state index contributed by atoms with van der Waals surface area (Å²) in [5.41, 5.74) is -0.932. The van der Waals surface area contributed by atoms with Gasteiger partial charge in [0.15, 0.2) is 11.6 Å². The summed E-state index contributed by atoms with van der Waals surface area (Å²) in [4.78, 5) is 23.0. The smallest absolute Gasteiger partial charge is 0.336 e. The molecule has 0 fully saturated rings. The van der Waals surface area contributed by atoms with E-state index in [1.54, 1.807) is 18.7 Å². The van der Waals surface area contributed by atoms with Gasteiger partial charge in [0.1, 0.15) is 0 Å². The molecule has 1 aromatic carbocycles. The molecule has 1 aromatic rings. The Bertz CT molecular complexity index is 537. The molecule has 1 atom stereocenters. The number of amides is 1. The standard InChI is InChI=1S/C14H17F2NO3S/c1-3-21-5-4-8(2)17-13(18)9-6-11(15)12(16)7-10(9)14(19)20/h6-8H,3-5H2,1-2H3,(H,17,18)(H,19,20). The van der Waals surface area contributed by atoms with Crippen molar-refractivity contribution in [2.45, 2.75) is 26.3 Å². The summed E-state index contributed by atoms with van der Waals surface area (Å²) in [7, 11) is 0. The Morgan fingerprint density at radius 3 is 2.38 bits per heavy atom. The quantitative estimate of drug-likeness (QED) is 0.759. The van der Waals surface area contributed by atoms with Gasteiger partial charge in [-0.1, -0.05) is 6.92 Å². The molecule has 0 aromatic heterocycles. The molecule has 0 saturated heterocycles. The fraction of sp³-hybridized carbons (Fsp3) is 0.429. The van der Waals surface area contributed by atoms with Crippen molar-refractivity contribution in [3.8, 4) is 0 Å². The summed E-state index contributed by atoms with van der Waals surface area (Å²) in [5, 5.41) is 11.6. The first kappa shape index (κ1) is 17.4. The highest BCUT2D eigenvalue weighted by molar-refractivity contribution is 7.99. The molecule has 1 amide bonds. The zero-order chi connectivity index (χ0) is 16.0. The predicted molar refractivity (Wildman–Crippen MR) is 77.9 cm³/mol. The summed E-state index contributed by atoms with van der Waals surface area (Å²) in [6, 6.07) is 0.942. The van der Waals surface area contributed by atoms with Crippen molar-refractivity contribution in [2.75, 3.05) is 11.5 Å². The number of halogens is 2. The molecule has 0 heterocycles. The lowest BCUT2D eigenvalue weighted by Gasteiger charge is -2.14. The highest BCUT2D eigenvalue weighted by Gasteiger charge is 2.21. The lowest BCUT2D eigenvalue weighted by Crippen LogP contribution is -2.34. The maximum atomic E-state index is 13.2. The SMILES string of the molecule is CCSCCC(C)NC(=O)c1cc(F)c(F)cc1C(=O)O. The second-order valence-corrected chi connectivity index (χ2v) is 5.87. The molecule has 21 heavy (non-hydrogen) atoms. The van der Waals surface area contributed by atoms with Gasteiger partial charge in [-0.3, -0.25) is 4.79 Å². The van der Waals surface area contributed by atoms with Gasteiger partial charge in [0.25, 0.3) is 5.91 Å². The van der Waals surface area contributed by atoms with Gasteiger partial charge in [-0.2, -0.15) is 11.8 Å². The van der Waals surface area contributed by atoms with Crippen molar-refractivity contribution in [1.29, 1.82) is 0 Å². The number of hydrogen-bond acceptors (Lipinski definition) is 3. The minimum Gasteiger partial charge on any atom is -0.478 e. The summed E-state index contributed by atoms with van der Waals surface area (Å²) < 4.78 is 26.3. The minimum absolute atomic E-state index is 0.189. The van der Waals surface area contributed by atoms with E-state index in [-0.39, 0.29) is 11.6 Å². The Morgan fingerprint density at radius 1 is 1.29 bits per heavy atom. The van der Waals surface area contributed by atoms with Gasteiger partial charge in [-0.15, -0.1) is 0 Å². The van der Waals surface area contributed by atoms with Gasteiger partial charge in [-0.25, -0.2) is 13.6 Å². The van der Waals surface area contributed by atoms with Crippen LogP contribution in [0.5, 0.6) is 0 Å². The molecule has 0 bridgehead atoms. The van der Waals surface area contributed by atoms with Gasteiger partial charge >= 0.3 is 5.97 Å². The van der Waals surface area contributed by atoms with Crippen molar-refractivity contribution >= 4 is 23.6 Å². The van der Waals surface area contributed by atoms with Crippen LogP contribution in [0.15, 0.2) is 12.1 Å². The molecular weight excluding hydrogens is 300 g/mol. The van der Waals surface area contributed by atoms with Crippen molar-refractivity contribution in [3.63, 3.8) is 0 Å². The maximum Gasteiger partial charge on any atom is 0.336 e. The molecule has 1 unspecified atom stereocenters. The Kier molecular flexibility index (Phi) is 6.61. The van der Waals surface area contributed by atoms with Crippen LogP contribution >= 0.6 is 11.8 Å². The van der Waals surface area contributed by atoms with E-state index >= 15 is 0 Å². The van der Waals surface area contributed by atoms with E-state index < -0.39 is 29.1 Å². The van der Waals surface area contributed by atoms with E-state index in [2.05, 4.69) is 5.32 Å².